The van der Waals surface area contributed by atoms with Crippen LogP contribution in [0, 0.1) is 6.65 Å². The van der Waals surface area contributed by atoms with Crippen molar-refractivity contribution >= 4 is 0 Å². The fraction of sp³-hybridized carbons (Fsp3) is 0.667. The summed E-state index contributed by atoms with van der Waals surface area (Å²) in [4.78, 5) is 0. The van der Waals surface area contributed by atoms with Crippen molar-refractivity contribution in [2.75, 3.05) is 0 Å². The molecule has 0 aliphatic rings. The maximum Gasteiger partial charge on any atom is 0 e. The van der Waals surface area contributed by atoms with Crippen LogP contribution in [-0.2, 0) is 4.65 Å². The molecular formula is C3H10O. The van der Waals surface area contributed by atoms with E-state index in [-0.39, 0.29) is 16.3 Å². The average Bonchev–Trinajstić information content (AvgIpc) is 1.00. The smallest absolute Gasteiger partial charge is 0 e. The minimum absolute atomic E-state index is 0. The molecule has 0 aliphatic heterocycles. The molecule has 0 bridgehead atoms. The minimum Gasteiger partial charge on any atom is 0 e. The van der Waals surface area contributed by atoms with E-state index in [0.717, 1.165) is 0 Å². The van der Waals surface area contributed by atoms with Crippen LogP contribution in [-0.4, -0.2) is 0 Å². The minimum atomic E-state index is 0. The molecule has 0 N–H and O–H groups in total. The third-order valence-corrected chi connectivity index (χ3v) is 0. The van der Waals surface area contributed by atoms with Crippen LogP contribution in [0.5, 0.6) is 0 Å². The molecule has 4 heavy (non-hydrogen) atoms. The fourth-order valence-corrected chi connectivity index (χ4v) is 0. The number of rotatable bonds is 0. The molecular weight excluding hydrogens is 52.0 g/mol. The van der Waals surface area contributed by atoms with Crippen molar-refractivity contribution in [2.45, 2.75) is 14.9 Å². The van der Waals surface area contributed by atoms with Gasteiger partial charge >= 0.3 is 11.3 Å². The van der Waals surface area contributed by atoms with E-state index in [2.05, 4.69) is 6.65 Å². The molecule has 0 saturated carbocycles. The van der Waals surface area contributed by atoms with E-state index in [0.29, 0.717) is 0 Å². The van der Waals surface area contributed by atoms with Gasteiger partial charge in [0.25, 0.3) is 0 Å². The van der Waals surface area contributed by atoms with Crippen LogP contribution in [0.15, 0.2) is 0 Å². The van der Waals surface area contributed by atoms with Crippen LogP contribution in [0.4, 0.5) is 0 Å². The molecule has 0 fully saturated rings. The SMILES string of the molecule is C.C.[C-]#[O+].[HH]. The topological polar surface area (TPSA) is 19.9 Å². The first kappa shape index (κ1) is 51.3. The Hall–Kier alpha value is -0.260. The van der Waals surface area contributed by atoms with Gasteiger partial charge in [-0.1, -0.05) is 14.9 Å². The van der Waals surface area contributed by atoms with Crippen LogP contribution in [0.1, 0.15) is 16.3 Å². The molecule has 0 aromatic rings. The first-order chi connectivity index (χ1) is 1.00. The quantitative estimate of drug-likeness (QED) is 0.299. The normalized spacial score (nSPS) is 0.500. The third-order valence-electron chi connectivity index (χ3n) is 0. The summed E-state index contributed by atoms with van der Waals surface area (Å²) in [5.41, 5.74) is 0. The Bertz CT molecular complexity index is 11.6. The molecule has 0 aromatic heterocycles. The second kappa shape index (κ2) is 123. The zero-order chi connectivity index (χ0) is 2.00. The zero-order valence-corrected chi connectivity index (χ0v) is 0.908. The standard InChI is InChI=1S/CO.2CH4.H2/c1-2;;;/h;2*1H4;1H. The molecule has 28 valence electrons. The summed E-state index contributed by atoms with van der Waals surface area (Å²) in [6.07, 6.45) is 0. The Morgan fingerprint density at radius 1 is 1.25 bits per heavy atom. The van der Waals surface area contributed by atoms with Gasteiger partial charge in [0.1, 0.15) is 0 Å². The van der Waals surface area contributed by atoms with Crippen molar-refractivity contribution in [3.8, 4) is 0 Å². The number of hydrogen-bond donors (Lipinski definition) is 0. The Morgan fingerprint density at radius 3 is 1.25 bits per heavy atom. The molecule has 0 aromatic carbocycles. The molecule has 0 saturated heterocycles. The van der Waals surface area contributed by atoms with Gasteiger partial charge in [0, 0.05) is 1.43 Å². The summed E-state index contributed by atoms with van der Waals surface area (Å²) in [6, 6.07) is 0. The van der Waals surface area contributed by atoms with Gasteiger partial charge in [0.05, 0.1) is 0 Å². The monoisotopic (exact) mass is 62.1 g/mol. The molecule has 0 atom stereocenters. The first-order valence-corrected chi connectivity index (χ1v) is 0.204. The second-order valence-electron chi connectivity index (χ2n) is 0. The Balaban J connectivity index is -0.00000000167. The summed E-state index contributed by atoms with van der Waals surface area (Å²) in [5.74, 6) is 0. The molecule has 0 amide bonds. The van der Waals surface area contributed by atoms with E-state index in [4.69, 9.17) is 4.65 Å². The van der Waals surface area contributed by atoms with Gasteiger partial charge < -0.3 is 0 Å². The van der Waals surface area contributed by atoms with E-state index >= 15 is 0 Å². The molecule has 0 aliphatic carbocycles. The molecule has 1 nitrogen and oxygen atoms in total. The summed E-state index contributed by atoms with van der Waals surface area (Å²) in [5, 5.41) is 0. The van der Waals surface area contributed by atoms with Gasteiger partial charge in [0.2, 0.25) is 0 Å². The van der Waals surface area contributed by atoms with Gasteiger partial charge in [0.15, 0.2) is 0 Å². The zero-order valence-electron chi connectivity index (χ0n) is 0.908. The van der Waals surface area contributed by atoms with Crippen LogP contribution < -0.4 is 0 Å². The van der Waals surface area contributed by atoms with E-state index in [1.807, 2.05) is 0 Å². The van der Waals surface area contributed by atoms with E-state index in [9.17, 15) is 0 Å². The van der Waals surface area contributed by atoms with Crippen LogP contribution in [0.2, 0.25) is 0 Å². The fourth-order valence-electron chi connectivity index (χ4n) is 0. The molecule has 0 spiro atoms. The van der Waals surface area contributed by atoms with Crippen LogP contribution in [0.25, 0.3) is 0 Å². The molecule has 0 heterocycles. The maximum atomic E-state index is 7.50. The summed E-state index contributed by atoms with van der Waals surface area (Å²) in [7, 11) is 0. The van der Waals surface area contributed by atoms with E-state index < -0.39 is 0 Å². The second-order valence-corrected chi connectivity index (χ2v) is 0. The van der Waals surface area contributed by atoms with Crippen molar-refractivity contribution in [2.24, 2.45) is 0 Å². The van der Waals surface area contributed by atoms with Gasteiger partial charge in [-0.3, -0.25) is 0 Å². The third kappa shape index (κ3) is 14.1. The Kier molecular flexibility index (Phi) is 1570. The van der Waals surface area contributed by atoms with Gasteiger partial charge in [-0.05, 0) is 0 Å². The summed E-state index contributed by atoms with van der Waals surface area (Å²) in [6.45, 7) is 4.50. The summed E-state index contributed by atoms with van der Waals surface area (Å²) < 4.78 is 7.50. The van der Waals surface area contributed by atoms with Crippen LogP contribution >= 0.6 is 0 Å². The van der Waals surface area contributed by atoms with Gasteiger partial charge in [-0.15, -0.1) is 0 Å². The largest absolute Gasteiger partial charge is 0 e. The molecule has 0 unspecified atom stereocenters. The Morgan fingerprint density at radius 2 is 1.25 bits per heavy atom. The van der Waals surface area contributed by atoms with Crippen molar-refractivity contribution in [3.63, 3.8) is 0 Å². The molecule has 0 rings (SSSR count). The van der Waals surface area contributed by atoms with Crippen molar-refractivity contribution in [1.29, 1.82) is 0 Å². The molecule has 0 radical (unpaired) electrons. The number of hydrogen-bond acceptors (Lipinski definition) is 0. The predicted octanol–water partition coefficient (Wildman–Crippen LogP) is 1.48. The van der Waals surface area contributed by atoms with Gasteiger partial charge in [-0.2, -0.15) is 0 Å². The van der Waals surface area contributed by atoms with Gasteiger partial charge in [-0.25, -0.2) is 0 Å². The van der Waals surface area contributed by atoms with Crippen molar-refractivity contribution in [1.82, 2.24) is 0 Å². The molecule has 1 heteroatoms. The van der Waals surface area contributed by atoms with E-state index in [1.54, 1.807) is 0 Å². The predicted molar refractivity (Wildman–Crippen MR) is 19.5 cm³/mol. The van der Waals surface area contributed by atoms with Crippen molar-refractivity contribution < 1.29 is 6.08 Å². The average molecular weight is 62.1 g/mol. The summed E-state index contributed by atoms with van der Waals surface area (Å²) >= 11 is 0. The van der Waals surface area contributed by atoms with Crippen molar-refractivity contribution in [3.05, 3.63) is 6.65 Å². The first-order valence-electron chi connectivity index (χ1n) is 0.204. The van der Waals surface area contributed by atoms with Crippen LogP contribution in [0.3, 0.4) is 0 Å². The maximum absolute atomic E-state index is 7.50. The van der Waals surface area contributed by atoms with E-state index in [1.165, 1.54) is 0 Å². The Labute approximate surface area is 28.8 Å².